The Labute approximate surface area is 131 Å². The number of fused-ring (bicyclic) bond motifs is 1. The zero-order chi connectivity index (χ0) is 15.9. The molecule has 118 valence electrons. The molecule has 3 rings (SSSR count). The van der Waals surface area contributed by atoms with Crippen molar-refractivity contribution in [2.24, 2.45) is 7.05 Å². The Kier molecular flexibility index (Phi) is 3.73. The number of carbonyl (C=O) groups excluding carboxylic acids is 1. The Morgan fingerprint density at radius 3 is 2.91 bits per heavy atom. The van der Waals surface area contributed by atoms with Crippen molar-refractivity contribution in [3.8, 4) is 0 Å². The molecule has 0 saturated carbocycles. The zero-order valence-corrected chi connectivity index (χ0v) is 13.5. The predicted octanol–water partition coefficient (Wildman–Crippen LogP) is 1.28. The van der Waals surface area contributed by atoms with Crippen LogP contribution in [-0.4, -0.2) is 36.6 Å². The summed E-state index contributed by atoms with van der Waals surface area (Å²) in [5.41, 5.74) is 1.55. The summed E-state index contributed by atoms with van der Waals surface area (Å²) in [5.74, 6) is 0.961. The van der Waals surface area contributed by atoms with E-state index in [9.17, 15) is 9.59 Å². The lowest BCUT2D eigenvalue weighted by atomic mass is 10.1. The molecule has 2 amide bonds. The topological polar surface area (TPSA) is 95.9 Å². The number of amides is 2. The molecule has 0 unspecified atom stereocenters. The Bertz CT molecular complexity index is 759. The lowest BCUT2D eigenvalue weighted by Crippen LogP contribution is -2.40. The molecule has 0 fully saturated rings. The fourth-order valence-corrected chi connectivity index (χ4v) is 3.15. The van der Waals surface area contributed by atoms with Gasteiger partial charge < -0.3 is 4.90 Å². The first kappa shape index (κ1) is 14.8. The maximum Gasteiger partial charge on any atom is 0.324 e. The van der Waals surface area contributed by atoms with E-state index in [4.69, 9.17) is 0 Å². The number of rotatable bonds is 2. The molecule has 8 nitrogen and oxygen atoms in total. The monoisotopic (exact) mass is 322 g/mol. The second-order valence-electron chi connectivity index (χ2n) is 5.64. The molecule has 0 radical (unpaired) electrons. The van der Waals surface area contributed by atoms with Gasteiger partial charge in [0, 0.05) is 36.6 Å². The van der Waals surface area contributed by atoms with Crippen molar-refractivity contribution in [3.63, 3.8) is 0 Å². The SMILES string of the molecule is CC(C)c1nsc(NC(=O)N2CCc3c(n(C)[nH]c3=O)C2)n1. The van der Waals surface area contributed by atoms with Crippen molar-refractivity contribution >= 4 is 22.7 Å². The van der Waals surface area contributed by atoms with Crippen LogP contribution in [0.15, 0.2) is 4.79 Å². The van der Waals surface area contributed by atoms with Crippen molar-refractivity contribution in [1.29, 1.82) is 0 Å². The van der Waals surface area contributed by atoms with E-state index in [0.29, 0.717) is 24.6 Å². The van der Waals surface area contributed by atoms with Gasteiger partial charge in [0.05, 0.1) is 12.2 Å². The average Bonchev–Trinajstić information content (AvgIpc) is 3.05. The number of H-pyrrole nitrogens is 1. The van der Waals surface area contributed by atoms with Gasteiger partial charge in [-0.2, -0.15) is 4.37 Å². The second kappa shape index (κ2) is 5.56. The van der Waals surface area contributed by atoms with E-state index in [-0.39, 0.29) is 17.5 Å². The normalized spacial score (nSPS) is 14.3. The Morgan fingerprint density at radius 1 is 1.45 bits per heavy atom. The summed E-state index contributed by atoms with van der Waals surface area (Å²) in [5, 5.41) is 6.01. The highest BCUT2D eigenvalue weighted by Crippen LogP contribution is 2.19. The third kappa shape index (κ3) is 2.63. The molecule has 2 aromatic heterocycles. The zero-order valence-electron chi connectivity index (χ0n) is 12.7. The minimum absolute atomic E-state index is 0.0664. The largest absolute Gasteiger partial charge is 0.324 e. The molecule has 0 aromatic carbocycles. The van der Waals surface area contributed by atoms with Gasteiger partial charge in [-0.1, -0.05) is 13.8 Å². The first-order chi connectivity index (χ1) is 10.5. The number of aromatic nitrogens is 4. The Hall–Kier alpha value is -2.16. The number of nitrogens with zero attached hydrogens (tertiary/aromatic N) is 4. The molecule has 0 atom stereocenters. The van der Waals surface area contributed by atoms with Gasteiger partial charge in [0.2, 0.25) is 5.13 Å². The van der Waals surface area contributed by atoms with Crippen LogP contribution in [0.1, 0.15) is 36.8 Å². The van der Waals surface area contributed by atoms with Crippen molar-refractivity contribution in [2.45, 2.75) is 32.7 Å². The molecule has 0 saturated heterocycles. The Morgan fingerprint density at radius 2 is 2.23 bits per heavy atom. The summed E-state index contributed by atoms with van der Waals surface area (Å²) in [4.78, 5) is 30.0. The summed E-state index contributed by atoms with van der Waals surface area (Å²) in [6, 6.07) is -0.217. The molecule has 9 heteroatoms. The highest BCUT2D eigenvalue weighted by molar-refractivity contribution is 7.09. The van der Waals surface area contributed by atoms with E-state index in [1.807, 2.05) is 13.8 Å². The molecule has 0 bridgehead atoms. The minimum Gasteiger partial charge on any atom is -0.318 e. The van der Waals surface area contributed by atoms with Gasteiger partial charge in [-0.05, 0) is 6.42 Å². The van der Waals surface area contributed by atoms with Gasteiger partial charge in [-0.25, -0.2) is 9.78 Å². The second-order valence-corrected chi connectivity index (χ2v) is 6.39. The van der Waals surface area contributed by atoms with Crippen molar-refractivity contribution < 1.29 is 4.79 Å². The van der Waals surface area contributed by atoms with Crippen molar-refractivity contribution in [1.82, 2.24) is 24.0 Å². The van der Waals surface area contributed by atoms with Gasteiger partial charge >= 0.3 is 6.03 Å². The maximum atomic E-state index is 12.3. The average molecular weight is 322 g/mol. The van der Waals surface area contributed by atoms with Crippen LogP contribution in [0, 0.1) is 0 Å². The van der Waals surface area contributed by atoms with Crippen LogP contribution in [0.4, 0.5) is 9.93 Å². The number of anilines is 1. The van der Waals surface area contributed by atoms with Crippen molar-refractivity contribution in [3.05, 3.63) is 27.4 Å². The summed E-state index contributed by atoms with van der Waals surface area (Å²) < 4.78 is 5.89. The molecule has 0 spiro atoms. The molecular formula is C13H18N6O2S. The molecule has 1 aliphatic rings. The summed E-state index contributed by atoms with van der Waals surface area (Å²) >= 11 is 1.18. The third-order valence-electron chi connectivity index (χ3n) is 3.73. The molecule has 2 aromatic rings. The molecule has 22 heavy (non-hydrogen) atoms. The quantitative estimate of drug-likeness (QED) is 0.870. The predicted molar refractivity (Wildman–Crippen MR) is 83.2 cm³/mol. The van der Waals surface area contributed by atoms with Gasteiger partial charge in [0.1, 0.15) is 5.82 Å². The van der Waals surface area contributed by atoms with E-state index < -0.39 is 0 Å². The standard InChI is InChI=1S/C13H18N6O2S/c1-7(2)10-14-12(22-17-10)15-13(21)19-5-4-8-9(6-19)18(3)16-11(8)20/h7H,4-6H2,1-3H3,(H,16,20)(H,14,15,17,21). The van der Waals surface area contributed by atoms with E-state index in [1.165, 1.54) is 11.5 Å². The highest BCUT2D eigenvalue weighted by Gasteiger charge is 2.26. The number of aromatic amines is 1. The van der Waals surface area contributed by atoms with Crippen LogP contribution >= 0.6 is 11.5 Å². The van der Waals surface area contributed by atoms with Crippen LogP contribution in [0.25, 0.3) is 0 Å². The van der Waals surface area contributed by atoms with Gasteiger partial charge in [0.15, 0.2) is 0 Å². The van der Waals surface area contributed by atoms with Crippen LogP contribution in [0.3, 0.4) is 0 Å². The van der Waals surface area contributed by atoms with Gasteiger partial charge in [-0.15, -0.1) is 0 Å². The van der Waals surface area contributed by atoms with E-state index in [2.05, 4.69) is 19.8 Å². The number of aryl methyl sites for hydroxylation is 1. The lowest BCUT2D eigenvalue weighted by Gasteiger charge is -2.26. The van der Waals surface area contributed by atoms with E-state index in [0.717, 1.165) is 17.1 Å². The lowest BCUT2D eigenvalue weighted by molar-refractivity contribution is 0.204. The fourth-order valence-electron chi connectivity index (χ4n) is 2.45. The van der Waals surface area contributed by atoms with Crippen LogP contribution in [0.5, 0.6) is 0 Å². The fraction of sp³-hybridized carbons (Fsp3) is 0.538. The van der Waals surface area contributed by atoms with Crippen LogP contribution in [-0.2, 0) is 20.0 Å². The number of urea groups is 1. The first-order valence-electron chi connectivity index (χ1n) is 7.12. The van der Waals surface area contributed by atoms with E-state index >= 15 is 0 Å². The molecule has 0 aliphatic carbocycles. The summed E-state index contributed by atoms with van der Waals surface area (Å²) in [6.45, 7) is 4.94. The van der Waals surface area contributed by atoms with Crippen molar-refractivity contribution in [2.75, 3.05) is 11.9 Å². The molecule has 3 heterocycles. The van der Waals surface area contributed by atoms with Gasteiger partial charge in [0.25, 0.3) is 5.56 Å². The number of nitrogens with one attached hydrogen (secondary N) is 2. The number of carbonyl (C=O) groups is 1. The number of hydrogen-bond donors (Lipinski definition) is 2. The number of hydrogen-bond acceptors (Lipinski definition) is 5. The summed E-state index contributed by atoms with van der Waals surface area (Å²) in [7, 11) is 1.78. The maximum absolute atomic E-state index is 12.3. The van der Waals surface area contributed by atoms with Crippen LogP contribution in [0.2, 0.25) is 0 Å². The molecular weight excluding hydrogens is 304 g/mol. The third-order valence-corrected chi connectivity index (χ3v) is 4.37. The smallest absolute Gasteiger partial charge is 0.318 e. The Balaban J connectivity index is 1.71. The van der Waals surface area contributed by atoms with Crippen LogP contribution < -0.4 is 10.9 Å². The highest BCUT2D eigenvalue weighted by atomic mass is 32.1. The molecule has 2 N–H and O–H groups in total. The molecule has 1 aliphatic heterocycles. The first-order valence-corrected chi connectivity index (χ1v) is 7.89. The summed E-state index contributed by atoms with van der Waals surface area (Å²) in [6.07, 6.45) is 0.562. The van der Waals surface area contributed by atoms with Gasteiger partial charge in [-0.3, -0.25) is 19.9 Å². The van der Waals surface area contributed by atoms with E-state index in [1.54, 1.807) is 16.6 Å². The minimum atomic E-state index is -0.217.